The molecule has 0 saturated carbocycles. The number of carbonyl (C=O) groups is 2. The number of amides is 2. The van der Waals surface area contributed by atoms with E-state index in [0.717, 1.165) is 25.9 Å². The average molecular weight is 271 g/mol. The van der Waals surface area contributed by atoms with Gasteiger partial charge in [-0.15, -0.1) is 0 Å². The largest absolute Gasteiger partial charge is 0.480 e. The summed E-state index contributed by atoms with van der Waals surface area (Å²) in [5, 5.41) is 15.1. The molecule has 0 bridgehead atoms. The summed E-state index contributed by atoms with van der Waals surface area (Å²) in [5.41, 5.74) is -0.517. The standard InChI is InChI=1S/C13H25N3O3/c1-13(2,3)10(11(17)18)15-12(19)16(4)9-5-7-14-8-6-9/h9-10,14H,5-8H2,1-4H3,(H,15,19)(H,17,18). The van der Waals surface area contributed by atoms with E-state index < -0.39 is 17.4 Å². The quantitative estimate of drug-likeness (QED) is 0.711. The van der Waals surface area contributed by atoms with Crippen LogP contribution in [-0.4, -0.2) is 54.2 Å². The van der Waals surface area contributed by atoms with Crippen LogP contribution in [-0.2, 0) is 4.79 Å². The van der Waals surface area contributed by atoms with Gasteiger partial charge >= 0.3 is 12.0 Å². The molecule has 0 aliphatic carbocycles. The third kappa shape index (κ3) is 4.38. The van der Waals surface area contributed by atoms with Gasteiger partial charge in [0.05, 0.1) is 0 Å². The highest BCUT2D eigenvalue weighted by molar-refractivity contribution is 5.83. The molecule has 6 nitrogen and oxygen atoms in total. The molecule has 2 amide bonds. The molecule has 1 aliphatic heterocycles. The van der Waals surface area contributed by atoms with Crippen LogP contribution in [0, 0.1) is 5.41 Å². The van der Waals surface area contributed by atoms with Crippen LogP contribution in [0.4, 0.5) is 4.79 Å². The van der Waals surface area contributed by atoms with Crippen molar-refractivity contribution in [2.45, 2.75) is 45.7 Å². The lowest BCUT2D eigenvalue weighted by Gasteiger charge is -2.34. The zero-order chi connectivity index (χ0) is 14.6. The minimum absolute atomic E-state index is 0.177. The predicted octanol–water partition coefficient (Wildman–Crippen LogP) is 0.879. The Morgan fingerprint density at radius 1 is 1.32 bits per heavy atom. The van der Waals surface area contributed by atoms with Crippen LogP contribution in [0.2, 0.25) is 0 Å². The van der Waals surface area contributed by atoms with E-state index in [4.69, 9.17) is 0 Å². The molecule has 1 saturated heterocycles. The Balaban J connectivity index is 2.63. The number of nitrogens with zero attached hydrogens (tertiary/aromatic N) is 1. The van der Waals surface area contributed by atoms with Crippen LogP contribution in [0.1, 0.15) is 33.6 Å². The van der Waals surface area contributed by atoms with Crippen LogP contribution >= 0.6 is 0 Å². The van der Waals surface area contributed by atoms with Gasteiger partial charge in [0.1, 0.15) is 6.04 Å². The second-order valence-corrected chi connectivity index (χ2v) is 6.18. The summed E-state index contributed by atoms with van der Waals surface area (Å²) in [7, 11) is 1.73. The van der Waals surface area contributed by atoms with E-state index in [1.165, 1.54) is 0 Å². The first-order valence-electron chi connectivity index (χ1n) is 6.70. The molecule has 1 unspecified atom stereocenters. The summed E-state index contributed by atoms with van der Waals surface area (Å²) >= 11 is 0. The lowest BCUT2D eigenvalue weighted by Crippen LogP contribution is -2.55. The van der Waals surface area contributed by atoms with Gasteiger partial charge in [-0.1, -0.05) is 20.8 Å². The van der Waals surface area contributed by atoms with Crippen molar-refractivity contribution in [2.24, 2.45) is 5.41 Å². The Kier molecular flexibility index (Phi) is 5.17. The molecule has 1 heterocycles. The summed E-state index contributed by atoms with van der Waals surface area (Å²) in [6, 6.07) is -1.02. The second kappa shape index (κ2) is 6.23. The Labute approximate surface area is 114 Å². The fourth-order valence-corrected chi connectivity index (χ4v) is 2.23. The van der Waals surface area contributed by atoms with Crippen molar-refractivity contribution in [3.8, 4) is 0 Å². The van der Waals surface area contributed by atoms with Crippen molar-refractivity contribution in [3.05, 3.63) is 0 Å². The van der Waals surface area contributed by atoms with Crippen LogP contribution in [0.25, 0.3) is 0 Å². The number of hydrogen-bond donors (Lipinski definition) is 3. The van der Waals surface area contributed by atoms with Crippen LogP contribution in [0.3, 0.4) is 0 Å². The zero-order valence-corrected chi connectivity index (χ0v) is 12.2. The van der Waals surface area contributed by atoms with E-state index in [1.54, 1.807) is 32.7 Å². The molecule has 0 aromatic carbocycles. The lowest BCUT2D eigenvalue weighted by molar-refractivity contribution is -0.142. The van der Waals surface area contributed by atoms with Crippen molar-refractivity contribution in [3.63, 3.8) is 0 Å². The Hall–Kier alpha value is -1.30. The van der Waals surface area contributed by atoms with Crippen molar-refractivity contribution in [1.82, 2.24) is 15.5 Å². The summed E-state index contributed by atoms with van der Waals surface area (Å²) in [4.78, 5) is 25.0. The number of nitrogens with one attached hydrogen (secondary N) is 2. The number of carbonyl (C=O) groups excluding carboxylic acids is 1. The molecule has 3 N–H and O–H groups in total. The number of urea groups is 1. The van der Waals surface area contributed by atoms with Gasteiger partial charge < -0.3 is 20.6 Å². The number of hydrogen-bond acceptors (Lipinski definition) is 3. The number of carboxylic acid groups (broad SMARTS) is 1. The minimum Gasteiger partial charge on any atom is -0.480 e. The summed E-state index contributed by atoms with van der Waals surface area (Å²) in [6.45, 7) is 7.19. The van der Waals surface area contributed by atoms with Gasteiger partial charge in [-0.3, -0.25) is 0 Å². The Morgan fingerprint density at radius 3 is 2.26 bits per heavy atom. The van der Waals surface area contributed by atoms with Crippen molar-refractivity contribution < 1.29 is 14.7 Å². The third-order valence-corrected chi connectivity index (χ3v) is 3.56. The Morgan fingerprint density at radius 2 is 1.84 bits per heavy atom. The minimum atomic E-state index is -1.00. The fraction of sp³-hybridized carbons (Fsp3) is 0.846. The maximum Gasteiger partial charge on any atom is 0.326 e. The van der Waals surface area contributed by atoms with Crippen LogP contribution in [0.15, 0.2) is 0 Å². The highest BCUT2D eigenvalue weighted by Crippen LogP contribution is 2.20. The first-order valence-corrected chi connectivity index (χ1v) is 6.70. The van der Waals surface area contributed by atoms with Gasteiger partial charge in [-0.05, 0) is 31.3 Å². The maximum absolute atomic E-state index is 12.1. The molecule has 1 fully saturated rings. The molecule has 19 heavy (non-hydrogen) atoms. The van der Waals surface area contributed by atoms with Crippen molar-refractivity contribution >= 4 is 12.0 Å². The second-order valence-electron chi connectivity index (χ2n) is 6.18. The van der Waals surface area contributed by atoms with Crippen LogP contribution < -0.4 is 10.6 Å². The molecule has 1 rings (SSSR count). The summed E-state index contributed by atoms with van der Waals surface area (Å²) < 4.78 is 0. The monoisotopic (exact) mass is 271 g/mol. The molecule has 0 spiro atoms. The zero-order valence-electron chi connectivity index (χ0n) is 12.2. The topological polar surface area (TPSA) is 81.7 Å². The molecule has 0 aromatic rings. The molecule has 6 heteroatoms. The highest BCUT2D eigenvalue weighted by atomic mass is 16.4. The summed E-state index contributed by atoms with van der Waals surface area (Å²) in [5.74, 6) is -1.00. The molecule has 110 valence electrons. The number of piperidine rings is 1. The first-order chi connectivity index (χ1) is 8.73. The number of aliphatic carboxylic acids is 1. The van der Waals surface area contributed by atoms with Gasteiger partial charge in [0, 0.05) is 13.1 Å². The van der Waals surface area contributed by atoms with Crippen molar-refractivity contribution in [2.75, 3.05) is 20.1 Å². The van der Waals surface area contributed by atoms with Gasteiger partial charge in [-0.25, -0.2) is 9.59 Å². The molecule has 1 atom stereocenters. The summed E-state index contributed by atoms with van der Waals surface area (Å²) in [6.07, 6.45) is 1.80. The molecule has 0 aromatic heterocycles. The van der Waals surface area contributed by atoms with Gasteiger partial charge in [0.15, 0.2) is 0 Å². The van der Waals surface area contributed by atoms with E-state index in [9.17, 15) is 14.7 Å². The van der Waals surface area contributed by atoms with Gasteiger partial charge in [0.25, 0.3) is 0 Å². The number of carboxylic acids is 1. The van der Waals surface area contributed by atoms with E-state index in [2.05, 4.69) is 10.6 Å². The van der Waals surface area contributed by atoms with E-state index in [0.29, 0.717) is 0 Å². The maximum atomic E-state index is 12.1. The molecule has 0 radical (unpaired) electrons. The fourth-order valence-electron chi connectivity index (χ4n) is 2.23. The third-order valence-electron chi connectivity index (χ3n) is 3.56. The van der Waals surface area contributed by atoms with Gasteiger partial charge in [0.2, 0.25) is 0 Å². The smallest absolute Gasteiger partial charge is 0.326 e. The van der Waals surface area contributed by atoms with E-state index >= 15 is 0 Å². The van der Waals surface area contributed by atoms with Crippen molar-refractivity contribution in [1.29, 1.82) is 0 Å². The highest BCUT2D eigenvalue weighted by Gasteiger charge is 2.34. The first kappa shape index (κ1) is 15.8. The lowest BCUT2D eigenvalue weighted by atomic mass is 9.87. The van der Waals surface area contributed by atoms with Crippen LogP contribution in [0.5, 0.6) is 0 Å². The molecular weight excluding hydrogens is 246 g/mol. The number of rotatable bonds is 3. The normalized spacial score (nSPS) is 18.7. The van der Waals surface area contributed by atoms with E-state index in [-0.39, 0.29) is 12.1 Å². The average Bonchev–Trinajstić information content (AvgIpc) is 2.34. The van der Waals surface area contributed by atoms with Gasteiger partial charge in [-0.2, -0.15) is 0 Å². The predicted molar refractivity (Wildman–Crippen MR) is 73.1 cm³/mol. The SMILES string of the molecule is CN(C(=O)NC(C(=O)O)C(C)(C)C)C1CCNCC1. The van der Waals surface area contributed by atoms with E-state index in [1.807, 2.05) is 0 Å². The molecule has 1 aliphatic rings. The Bertz CT molecular complexity index is 333. The molecular formula is C13H25N3O3.